The highest BCUT2D eigenvalue weighted by molar-refractivity contribution is 7.89. The fraction of sp³-hybridized carbons (Fsp3) is 0.294. The van der Waals surface area contributed by atoms with E-state index in [2.05, 4.69) is 4.72 Å². The van der Waals surface area contributed by atoms with E-state index < -0.39 is 10.0 Å². The summed E-state index contributed by atoms with van der Waals surface area (Å²) in [5.74, 6) is 1.15. The monoisotopic (exact) mass is 335 g/mol. The molecule has 0 atom stereocenters. The van der Waals surface area contributed by atoms with Crippen molar-refractivity contribution in [2.24, 2.45) is 0 Å². The van der Waals surface area contributed by atoms with Crippen LogP contribution in [0.15, 0.2) is 47.4 Å². The van der Waals surface area contributed by atoms with Gasteiger partial charge in [-0.3, -0.25) is 0 Å². The van der Waals surface area contributed by atoms with Crippen LogP contribution >= 0.6 is 0 Å². The molecule has 0 spiro atoms. The molecule has 2 rings (SSSR count). The lowest BCUT2D eigenvalue weighted by Gasteiger charge is -2.14. The third kappa shape index (κ3) is 4.03. The second kappa shape index (κ2) is 7.48. The maximum absolute atomic E-state index is 12.4. The summed E-state index contributed by atoms with van der Waals surface area (Å²) in [7, 11) is -0.519. The Bertz CT molecular complexity index is 732. The minimum absolute atomic E-state index is 0.0883. The molecule has 6 heteroatoms. The Morgan fingerprint density at radius 1 is 0.957 bits per heavy atom. The molecular weight excluding hydrogens is 314 g/mol. The van der Waals surface area contributed by atoms with Gasteiger partial charge in [0.2, 0.25) is 10.0 Å². The molecule has 0 saturated carbocycles. The molecule has 5 nitrogen and oxygen atoms in total. The number of methoxy groups -OCH3 is 2. The van der Waals surface area contributed by atoms with Gasteiger partial charge in [-0.1, -0.05) is 25.1 Å². The molecule has 0 heterocycles. The van der Waals surface area contributed by atoms with Crippen molar-refractivity contribution in [3.63, 3.8) is 0 Å². The average molecular weight is 335 g/mol. The highest BCUT2D eigenvalue weighted by Crippen LogP contribution is 2.28. The van der Waals surface area contributed by atoms with Crippen molar-refractivity contribution >= 4 is 10.0 Å². The fourth-order valence-corrected chi connectivity index (χ4v) is 3.25. The molecule has 0 bridgehead atoms. The van der Waals surface area contributed by atoms with Gasteiger partial charge in [-0.15, -0.1) is 0 Å². The molecule has 0 aromatic heterocycles. The minimum Gasteiger partial charge on any atom is -0.496 e. The van der Waals surface area contributed by atoms with Gasteiger partial charge >= 0.3 is 0 Å². The zero-order chi connectivity index (χ0) is 16.9. The third-order valence-corrected chi connectivity index (χ3v) is 5.03. The maximum Gasteiger partial charge on any atom is 0.240 e. The first kappa shape index (κ1) is 17.3. The van der Waals surface area contributed by atoms with E-state index in [1.54, 1.807) is 30.3 Å². The van der Waals surface area contributed by atoms with Crippen LogP contribution < -0.4 is 14.2 Å². The Balaban J connectivity index is 2.22. The largest absolute Gasteiger partial charge is 0.496 e. The van der Waals surface area contributed by atoms with E-state index in [4.69, 9.17) is 9.47 Å². The lowest BCUT2D eigenvalue weighted by Crippen LogP contribution is -2.23. The molecule has 0 aliphatic rings. The zero-order valence-electron chi connectivity index (χ0n) is 13.5. The van der Waals surface area contributed by atoms with Crippen LogP contribution in [0.25, 0.3) is 0 Å². The Hall–Kier alpha value is -2.05. The predicted octanol–water partition coefficient (Wildman–Crippen LogP) is 2.74. The maximum atomic E-state index is 12.4. The van der Waals surface area contributed by atoms with Crippen molar-refractivity contribution in [3.05, 3.63) is 53.6 Å². The molecule has 2 aromatic carbocycles. The first-order valence-electron chi connectivity index (χ1n) is 7.30. The SMILES string of the molecule is CCc1ccc(S(=O)(=O)NCc2c(OC)cccc2OC)cc1. The lowest BCUT2D eigenvalue weighted by atomic mass is 10.2. The fourth-order valence-electron chi connectivity index (χ4n) is 2.26. The second-order valence-electron chi connectivity index (χ2n) is 4.96. The van der Waals surface area contributed by atoms with E-state index >= 15 is 0 Å². The molecule has 0 radical (unpaired) electrons. The summed E-state index contributed by atoms with van der Waals surface area (Å²) in [5, 5.41) is 0. The van der Waals surface area contributed by atoms with Crippen molar-refractivity contribution in [1.29, 1.82) is 0 Å². The Kier molecular flexibility index (Phi) is 5.63. The predicted molar refractivity (Wildman–Crippen MR) is 89.4 cm³/mol. The summed E-state index contributed by atoms with van der Waals surface area (Å²) in [4.78, 5) is 0.239. The highest BCUT2D eigenvalue weighted by atomic mass is 32.2. The van der Waals surface area contributed by atoms with Gasteiger partial charge in [0.25, 0.3) is 0 Å². The summed E-state index contributed by atoms with van der Waals surface area (Å²) in [5.41, 5.74) is 1.75. The molecule has 0 unspecified atom stereocenters. The molecule has 0 aliphatic heterocycles. The molecule has 0 aliphatic carbocycles. The van der Waals surface area contributed by atoms with Crippen LogP contribution in [0.3, 0.4) is 0 Å². The molecule has 0 amide bonds. The number of hydrogen-bond donors (Lipinski definition) is 1. The first-order valence-corrected chi connectivity index (χ1v) is 8.78. The van der Waals surface area contributed by atoms with Gasteiger partial charge in [-0.25, -0.2) is 13.1 Å². The van der Waals surface area contributed by atoms with Crippen LogP contribution in [0.4, 0.5) is 0 Å². The summed E-state index contributed by atoms with van der Waals surface area (Å²) < 4.78 is 38.0. The topological polar surface area (TPSA) is 64.6 Å². The molecular formula is C17H21NO4S. The van der Waals surface area contributed by atoms with Crippen LogP contribution in [0.1, 0.15) is 18.1 Å². The van der Waals surface area contributed by atoms with E-state index in [1.165, 1.54) is 14.2 Å². The van der Waals surface area contributed by atoms with Gasteiger partial charge in [0, 0.05) is 6.54 Å². The van der Waals surface area contributed by atoms with Crippen LogP contribution in [-0.4, -0.2) is 22.6 Å². The van der Waals surface area contributed by atoms with E-state index in [0.717, 1.165) is 12.0 Å². The van der Waals surface area contributed by atoms with E-state index in [-0.39, 0.29) is 11.4 Å². The van der Waals surface area contributed by atoms with E-state index in [1.807, 2.05) is 19.1 Å². The average Bonchev–Trinajstić information content (AvgIpc) is 2.59. The number of ether oxygens (including phenoxy) is 2. The molecule has 1 N–H and O–H groups in total. The molecule has 0 fully saturated rings. The summed E-state index contributed by atoms with van der Waals surface area (Å²) in [6, 6.07) is 12.2. The van der Waals surface area contributed by atoms with Gasteiger partial charge in [-0.2, -0.15) is 0 Å². The quantitative estimate of drug-likeness (QED) is 0.845. The van der Waals surface area contributed by atoms with Crippen molar-refractivity contribution < 1.29 is 17.9 Å². The Morgan fingerprint density at radius 2 is 1.52 bits per heavy atom. The van der Waals surface area contributed by atoms with E-state index in [9.17, 15) is 8.42 Å². The van der Waals surface area contributed by atoms with Crippen molar-refractivity contribution in [2.45, 2.75) is 24.8 Å². The summed E-state index contributed by atoms with van der Waals surface area (Å²) >= 11 is 0. The smallest absolute Gasteiger partial charge is 0.240 e. The lowest BCUT2D eigenvalue weighted by molar-refractivity contribution is 0.384. The van der Waals surface area contributed by atoms with E-state index in [0.29, 0.717) is 17.1 Å². The number of aryl methyl sites for hydroxylation is 1. The molecule has 2 aromatic rings. The number of nitrogens with one attached hydrogen (secondary N) is 1. The van der Waals surface area contributed by atoms with Gasteiger partial charge in [0.05, 0.1) is 24.7 Å². The zero-order valence-corrected chi connectivity index (χ0v) is 14.3. The molecule has 0 saturated heterocycles. The number of hydrogen-bond acceptors (Lipinski definition) is 4. The van der Waals surface area contributed by atoms with Crippen LogP contribution in [0, 0.1) is 0 Å². The summed E-state index contributed by atoms with van der Waals surface area (Å²) in [6.07, 6.45) is 0.867. The van der Waals surface area contributed by atoms with Crippen LogP contribution in [0.5, 0.6) is 11.5 Å². The number of benzene rings is 2. The van der Waals surface area contributed by atoms with Crippen molar-refractivity contribution in [3.8, 4) is 11.5 Å². The molecule has 23 heavy (non-hydrogen) atoms. The Morgan fingerprint density at radius 3 is 2.00 bits per heavy atom. The van der Waals surface area contributed by atoms with Crippen LogP contribution in [-0.2, 0) is 23.0 Å². The van der Waals surface area contributed by atoms with Gasteiger partial charge in [0.15, 0.2) is 0 Å². The van der Waals surface area contributed by atoms with Gasteiger partial charge in [-0.05, 0) is 36.2 Å². The highest BCUT2D eigenvalue weighted by Gasteiger charge is 2.17. The molecule has 124 valence electrons. The number of sulfonamides is 1. The standard InChI is InChI=1S/C17H21NO4S/c1-4-13-8-10-14(11-9-13)23(19,20)18-12-15-16(21-2)6-5-7-17(15)22-3/h5-11,18H,4,12H2,1-3H3. The van der Waals surface area contributed by atoms with Gasteiger partial charge in [0.1, 0.15) is 11.5 Å². The first-order chi connectivity index (χ1) is 11.0. The van der Waals surface area contributed by atoms with Crippen LogP contribution in [0.2, 0.25) is 0 Å². The van der Waals surface area contributed by atoms with Crippen molar-refractivity contribution in [1.82, 2.24) is 4.72 Å². The summed E-state index contributed by atoms with van der Waals surface area (Å²) in [6.45, 7) is 2.11. The van der Waals surface area contributed by atoms with Gasteiger partial charge < -0.3 is 9.47 Å². The number of rotatable bonds is 7. The Labute approximate surface area is 137 Å². The second-order valence-corrected chi connectivity index (χ2v) is 6.73. The van der Waals surface area contributed by atoms with Crippen molar-refractivity contribution in [2.75, 3.05) is 14.2 Å². The third-order valence-electron chi connectivity index (χ3n) is 3.61. The minimum atomic E-state index is -3.59. The normalized spacial score (nSPS) is 11.3.